The number of aromatic amines is 1. The molecule has 2 aromatic heterocycles. The predicted octanol–water partition coefficient (Wildman–Crippen LogP) is 4.52. The first kappa shape index (κ1) is 17.3. The van der Waals surface area contributed by atoms with E-state index < -0.39 is 0 Å². The normalized spacial score (nSPS) is 16.9. The zero-order chi connectivity index (χ0) is 19.1. The summed E-state index contributed by atoms with van der Waals surface area (Å²) in [6, 6.07) is 13.1. The number of fused-ring (bicyclic) bond motifs is 1. The van der Waals surface area contributed by atoms with Gasteiger partial charge in [-0.15, -0.1) is 11.8 Å². The third kappa shape index (κ3) is 2.96. The van der Waals surface area contributed by atoms with Gasteiger partial charge in [0.25, 0.3) is 0 Å². The predicted molar refractivity (Wildman–Crippen MR) is 113 cm³/mol. The number of nitrogens with zero attached hydrogens (tertiary/aromatic N) is 5. The fourth-order valence-electron chi connectivity index (χ4n) is 4.07. The Labute approximate surface area is 168 Å². The third-order valence-corrected chi connectivity index (χ3v) is 6.14. The van der Waals surface area contributed by atoms with Crippen molar-refractivity contribution in [2.45, 2.75) is 30.7 Å². The molecule has 4 aromatic rings. The minimum absolute atomic E-state index is 0.275. The number of anilines is 1. The van der Waals surface area contributed by atoms with E-state index in [0.717, 1.165) is 35.5 Å². The summed E-state index contributed by atoms with van der Waals surface area (Å²) < 4.78 is 0. The monoisotopic (exact) mass is 390 g/mol. The molecule has 0 spiro atoms. The maximum absolute atomic E-state index is 4.90. The van der Waals surface area contributed by atoms with E-state index in [2.05, 4.69) is 69.7 Å². The number of aromatic nitrogens is 5. The summed E-state index contributed by atoms with van der Waals surface area (Å²) in [6.07, 6.45) is 7.77. The van der Waals surface area contributed by atoms with E-state index >= 15 is 0 Å². The van der Waals surface area contributed by atoms with Crippen LogP contribution in [0, 0.1) is 6.92 Å². The van der Waals surface area contributed by atoms with E-state index in [1.165, 1.54) is 22.6 Å². The molecule has 1 saturated heterocycles. The van der Waals surface area contributed by atoms with Crippen molar-refractivity contribution in [1.29, 1.82) is 0 Å². The van der Waals surface area contributed by atoms with E-state index in [1.807, 2.05) is 0 Å². The van der Waals surface area contributed by atoms with Crippen LogP contribution in [0.2, 0.25) is 0 Å². The van der Waals surface area contributed by atoms with Gasteiger partial charge in [-0.1, -0.05) is 0 Å². The first-order chi connectivity index (χ1) is 13.7. The molecule has 0 amide bonds. The average Bonchev–Trinajstić information content (AvgIpc) is 3.46. The standard InChI is InChI=1S/C21H22N6S/c1-14-12-15(27-22-9-10-23-27)5-8-19(14)26-11-3-4-20(26)21-24-17-7-6-16(28-2)13-18(17)25-21/h5-10,12-13,20H,3-4,11H2,1-2H3,(H,24,25)/t20-/m0/s1. The van der Waals surface area contributed by atoms with Gasteiger partial charge < -0.3 is 9.88 Å². The fourth-order valence-corrected chi connectivity index (χ4v) is 4.51. The molecule has 1 aliphatic rings. The third-order valence-electron chi connectivity index (χ3n) is 5.42. The summed E-state index contributed by atoms with van der Waals surface area (Å²) in [5.74, 6) is 1.06. The number of nitrogens with one attached hydrogen (secondary N) is 1. The second kappa shape index (κ2) is 6.98. The molecule has 5 rings (SSSR count). The molecule has 0 radical (unpaired) electrons. The van der Waals surface area contributed by atoms with Crippen molar-refractivity contribution < 1.29 is 0 Å². The fraction of sp³-hybridized carbons (Fsp3) is 0.286. The SMILES string of the molecule is CSc1ccc2nc([C@@H]3CCCN3c3ccc(-n4nccn4)cc3C)[nH]c2c1. The van der Waals surface area contributed by atoms with Gasteiger partial charge in [0, 0.05) is 17.1 Å². The number of hydrogen-bond donors (Lipinski definition) is 1. The van der Waals surface area contributed by atoms with Crippen LogP contribution in [0.3, 0.4) is 0 Å². The Bertz CT molecular complexity index is 1120. The highest BCUT2D eigenvalue weighted by atomic mass is 32.2. The lowest BCUT2D eigenvalue weighted by Crippen LogP contribution is -2.24. The molecule has 1 aliphatic heterocycles. The van der Waals surface area contributed by atoms with Gasteiger partial charge in [0.2, 0.25) is 0 Å². The largest absolute Gasteiger partial charge is 0.361 e. The van der Waals surface area contributed by atoms with Gasteiger partial charge in [0.1, 0.15) is 5.82 Å². The molecule has 2 aromatic carbocycles. The molecule has 1 fully saturated rings. The van der Waals surface area contributed by atoms with Crippen LogP contribution >= 0.6 is 11.8 Å². The van der Waals surface area contributed by atoms with E-state index in [1.54, 1.807) is 29.0 Å². The summed E-state index contributed by atoms with van der Waals surface area (Å²) in [6.45, 7) is 3.19. The Morgan fingerprint density at radius 2 is 1.96 bits per heavy atom. The molecule has 0 bridgehead atoms. The molecular weight excluding hydrogens is 368 g/mol. The van der Waals surface area contributed by atoms with Gasteiger partial charge in [-0.25, -0.2) is 4.98 Å². The zero-order valence-corrected chi connectivity index (χ0v) is 16.8. The van der Waals surface area contributed by atoms with E-state index in [9.17, 15) is 0 Å². The van der Waals surface area contributed by atoms with E-state index in [0.29, 0.717) is 0 Å². The van der Waals surface area contributed by atoms with Crippen LogP contribution in [0.4, 0.5) is 5.69 Å². The number of hydrogen-bond acceptors (Lipinski definition) is 5. The van der Waals surface area contributed by atoms with Crippen LogP contribution in [0.5, 0.6) is 0 Å². The summed E-state index contributed by atoms with van der Waals surface area (Å²) >= 11 is 1.75. The first-order valence-electron chi connectivity index (χ1n) is 9.50. The number of H-pyrrole nitrogens is 1. The number of thioether (sulfide) groups is 1. The molecule has 0 unspecified atom stereocenters. The molecule has 1 N–H and O–H groups in total. The van der Waals surface area contributed by atoms with Crippen molar-refractivity contribution in [1.82, 2.24) is 25.0 Å². The van der Waals surface area contributed by atoms with E-state index in [4.69, 9.17) is 4.98 Å². The Balaban J connectivity index is 1.48. The second-order valence-corrected chi connectivity index (χ2v) is 8.03. The van der Waals surface area contributed by atoms with Crippen LogP contribution in [0.1, 0.15) is 30.3 Å². The average molecular weight is 391 g/mol. The van der Waals surface area contributed by atoms with E-state index in [-0.39, 0.29) is 6.04 Å². The Morgan fingerprint density at radius 1 is 1.11 bits per heavy atom. The van der Waals surface area contributed by atoms with Crippen LogP contribution in [0.25, 0.3) is 16.7 Å². The molecule has 0 saturated carbocycles. The topological polar surface area (TPSA) is 62.6 Å². The Kier molecular flexibility index (Phi) is 4.31. The number of aryl methyl sites for hydroxylation is 1. The summed E-state index contributed by atoms with van der Waals surface area (Å²) in [7, 11) is 0. The second-order valence-electron chi connectivity index (χ2n) is 7.15. The molecule has 3 heterocycles. The molecular formula is C21H22N6S. The Morgan fingerprint density at radius 3 is 2.75 bits per heavy atom. The van der Waals surface area contributed by atoms with Crippen molar-refractivity contribution in [3.05, 3.63) is 60.2 Å². The van der Waals surface area contributed by atoms with Gasteiger partial charge in [-0.2, -0.15) is 15.0 Å². The summed E-state index contributed by atoms with van der Waals surface area (Å²) in [5, 5.41) is 8.46. The van der Waals surface area contributed by atoms with Crippen molar-refractivity contribution in [3.8, 4) is 5.69 Å². The highest BCUT2D eigenvalue weighted by Gasteiger charge is 2.29. The van der Waals surface area contributed by atoms with Crippen LogP contribution in [0.15, 0.2) is 53.7 Å². The van der Waals surface area contributed by atoms with Crippen molar-refractivity contribution in [2.24, 2.45) is 0 Å². The minimum Gasteiger partial charge on any atom is -0.361 e. The quantitative estimate of drug-likeness (QED) is 0.519. The smallest absolute Gasteiger partial charge is 0.130 e. The summed E-state index contributed by atoms with van der Waals surface area (Å²) in [4.78, 5) is 13.9. The molecule has 28 heavy (non-hydrogen) atoms. The zero-order valence-electron chi connectivity index (χ0n) is 16.0. The van der Waals surface area contributed by atoms with Crippen LogP contribution < -0.4 is 4.90 Å². The van der Waals surface area contributed by atoms with Crippen LogP contribution in [-0.2, 0) is 0 Å². The van der Waals surface area contributed by atoms with Crippen LogP contribution in [-0.4, -0.2) is 37.8 Å². The van der Waals surface area contributed by atoms with Gasteiger partial charge in [-0.05, 0) is 68.0 Å². The van der Waals surface area contributed by atoms with Gasteiger partial charge in [0.15, 0.2) is 0 Å². The highest BCUT2D eigenvalue weighted by molar-refractivity contribution is 7.98. The lowest BCUT2D eigenvalue weighted by Gasteiger charge is -2.27. The van der Waals surface area contributed by atoms with Crippen molar-refractivity contribution >= 4 is 28.5 Å². The lowest BCUT2D eigenvalue weighted by molar-refractivity contribution is 0.677. The molecule has 142 valence electrons. The Hall–Kier alpha value is -2.80. The molecule has 1 atom stereocenters. The number of benzene rings is 2. The van der Waals surface area contributed by atoms with Gasteiger partial charge in [0.05, 0.1) is 35.2 Å². The maximum atomic E-state index is 4.90. The molecule has 0 aliphatic carbocycles. The number of rotatable bonds is 4. The highest BCUT2D eigenvalue weighted by Crippen LogP contribution is 2.37. The van der Waals surface area contributed by atoms with Gasteiger partial charge in [-0.3, -0.25) is 0 Å². The number of imidazole rings is 1. The summed E-state index contributed by atoms with van der Waals surface area (Å²) in [5.41, 5.74) is 5.61. The van der Waals surface area contributed by atoms with Crippen molar-refractivity contribution in [3.63, 3.8) is 0 Å². The maximum Gasteiger partial charge on any atom is 0.130 e. The minimum atomic E-state index is 0.275. The molecule has 7 heteroatoms. The first-order valence-corrected chi connectivity index (χ1v) is 10.7. The van der Waals surface area contributed by atoms with Gasteiger partial charge >= 0.3 is 0 Å². The lowest BCUT2D eigenvalue weighted by atomic mass is 10.1. The van der Waals surface area contributed by atoms with Crippen molar-refractivity contribution in [2.75, 3.05) is 17.7 Å². The molecule has 6 nitrogen and oxygen atoms in total.